The number of unbranched alkanes of at least 4 members (excludes halogenated alkanes) is 1. The number of carbonyl (C=O) groups is 4. The Morgan fingerprint density at radius 1 is 0.870 bits per heavy atom. The molecule has 3 N–H and O–H groups in total. The van der Waals surface area contributed by atoms with Crippen LogP contribution in [0.25, 0.3) is 11.1 Å². The van der Waals surface area contributed by atoms with Gasteiger partial charge in [-0.3, -0.25) is 14.4 Å². The van der Waals surface area contributed by atoms with Crippen LogP contribution in [-0.4, -0.2) is 71.3 Å². The first-order valence-corrected chi connectivity index (χ1v) is 20.4. The fourth-order valence-corrected chi connectivity index (χ4v) is 8.64. The second kappa shape index (κ2) is 20.0. The molecule has 3 fully saturated rings. The topological polar surface area (TPSA) is 154 Å². The van der Waals surface area contributed by atoms with E-state index < -0.39 is 30.2 Å². The van der Waals surface area contributed by atoms with Gasteiger partial charge in [0.2, 0.25) is 11.7 Å². The van der Waals surface area contributed by atoms with Crippen LogP contribution in [0.4, 0.5) is 4.79 Å². The van der Waals surface area contributed by atoms with Gasteiger partial charge in [-0.05, 0) is 74.6 Å². The van der Waals surface area contributed by atoms with Gasteiger partial charge >= 0.3 is 6.09 Å². The van der Waals surface area contributed by atoms with E-state index in [2.05, 4.69) is 10.3 Å². The van der Waals surface area contributed by atoms with Crippen molar-refractivity contribution in [3.63, 3.8) is 0 Å². The Bertz CT molecular complexity index is 1630. The van der Waals surface area contributed by atoms with E-state index in [1.54, 1.807) is 17.0 Å². The number of nitrogens with one attached hydrogen (secondary N) is 1. The number of ether oxygens (including phenoxy) is 2. The second-order valence-electron chi connectivity index (χ2n) is 15.6. The summed E-state index contributed by atoms with van der Waals surface area (Å²) in [5.74, 6) is -0.869. The lowest BCUT2D eigenvalue weighted by atomic mass is 9.84. The molecule has 11 heteroatoms. The number of nitrogens with two attached hydrogens (primary N) is 1. The maximum absolute atomic E-state index is 14.7. The molecule has 3 aromatic rings. The maximum atomic E-state index is 14.7. The zero-order valence-corrected chi connectivity index (χ0v) is 31.6. The van der Waals surface area contributed by atoms with Crippen LogP contribution in [0.3, 0.4) is 0 Å². The molecule has 1 aliphatic heterocycles. The number of hydrogen-bond donors (Lipinski definition) is 2. The van der Waals surface area contributed by atoms with E-state index >= 15 is 0 Å². The van der Waals surface area contributed by atoms with Crippen LogP contribution in [0.2, 0.25) is 0 Å². The molecule has 2 amide bonds. The summed E-state index contributed by atoms with van der Waals surface area (Å²) in [5, 5.41) is 2.91. The standard InChI is InChI=1S/C43H58N4O7/c44-24-13-12-20-33(40(49)41-45-34-21-10-11-22-37(34)54-41)27-36(48)39-38(52-28-31-16-6-2-7-17-31)23-25-47(39)42(50)35(26-30-14-4-1-5-15-30)46-43(51)53-29-32-18-8-3-9-19-32/h3,8-11,18-19,21-22,30-31,33,35,38-39H,1-2,4-7,12-17,20,23-29,44H2,(H,46,51)/t33-,35-,38+,39-/m1/s1. The molecule has 6 rings (SSSR count). The highest BCUT2D eigenvalue weighted by molar-refractivity contribution is 6.00. The van der Waals surface area contributed by atoms with Crippen molar-refractivity contribution >= 4 is 34.7 Å². The molecular formula is C43H58N4O7. The first-order valence-electron chi connectivity index (χ1n) is 20.4. The van der Waals surface area contributed by atoms with E-state index in [1.807, 2.05) is 42.5 Å². The number of nitrogens with zero attached hydrogens (tertiary/aromatic N) is 2. The molecule has 2 saturated carbocycles. The van der Waals surface area contributed by atoms with Crippen molar-refractivity contribution in [2.75, 3.05) is 19.7 Å². The molecule has 1 aromatic heterocycles. The van der Waals surface area contributed by atoms with Crippen molar-refractivity contribution in [2.45, 2.75) is 128 Å². The number of carbonyl (C=O) groups excluding carboxylic acids is 4. The number of amides is 2. The molecule has 3 aliphatic rings. The van der Waals surface area contributed by atoms with Gasteiger partial charge in [0.1, 0.15) is 24.2 Å². The molecule has 54 heavy (non-hydrogen) atoms. The van der Waals surface area contributed by atoms with Crippen LogP contribution >= 0.6 is 0 Å². The first kappa shape index (κ1) is 39.6. The number of Topliss-reactive ketones (excluding diaryl/α,β-unsaturated/α-hetero) is 2. The summed E-state index contributed by atoms with van der Waals surface area (Å²) in [6.45, 7) is 1.42. The Hall–Kier alpha value is -4.09. The molecule has 292 valence electrons. The van der Waals surface area contributed by atoms with Crippen molar-refractivity contribution in [1.29, 1.82) is 0 Å². The largest absolute Gasteiger partial charge is 0.445 e. The predicted octanol–water partition coefficient (Wildman–Crippen LogP) is 7.55. The van der Waals surface area contributed by atoms with Crippen LogP contribution in [0.15, 0.2) is 59.0 Å². The van der Waals surface area contributed by atoms with Gasteiger partial charge in [-0.2, -0.15) is 0 Å². The molecule has 2 aromatic carbocycles. The van der Waals surface area contributed by atoms with Crippen molar-refractivity contribution in [1.82, 2.24) is 15.2 Å². The van der Waals surface area contributed by atoms with E-state index in [-0.39, 0.29) is 42.3 Å². The molecule has 4 atom stereocenters. The van der Waals surface area contributed by atoms with Gasteiger partial charge in [0, 0.05) is 25.5 Å². The van der Waals surface area contributed by atoms with Crippen molar-refractivity contribution in [3.8, 4) is 0 Å². The van der Waals surface area contributed by atoms with Crippen LogP contribution < -0.4 is 11.1 Å². The third-order valence-electron chi connectivity index (χ3n) is 11.7. The Balaban J connectivity index is 1.22. The minimum atomic E-state index is -0.884. The monoisotopic (exact) mass is 742 g/mol. The van der Waals surface area contributed by atoms with Gasteiger partial charge < -0.3 is 29.8 Å². The molecule has 1 saturated heterocycles. The Morgan fingerprint density at radius 3 is 2.30 bits per heavy atom. The minimum absolute atomic E-state index is 0.0167. The van der Waals surface area contributed by atoms with E-state index in [9.17, 15) is 19.2 Å². The summed E-state index contributed by atoms with van der Waals surface area (Å²) in [6.07, 6.45) is 12.6. The van der Waals surface area contributed by atoms with Gasteiger partial charge in [0.05, 0.1) is 6.10 Å². The summed E-state index contributed by atoms with van der Waals surface area (Å²) in [6, 6.07) is 14.9. The van der Waals surface area contributed by atoms with E-state index in [4.69, 9.17) is 19.6 Å². The van der Waals surface area contributed by atoms with Crippen LogP contribution in [0.5, 0.6) is 0 Å². The summed E-state index contributed by atoms with van der Waals surface area (Å²) in [4.78, 5) is 62.6. The average molecular weight is 743 g/mol. The lowest BCUT2D eigenvalue weighted by Crippen LogP contribution is -2.54. The molecule has 11 nitrogen and oxygen atoms in total. The van der Waals surface area contributed by atoms with Crippen LogP contribution in [0, 0.1) is 17.8 Å². The average Bonchev–Trinajstić information content (AvgIpc) is 3.84. The Labute approximate surface area is 319 Å². The SMILES string of the molecule is NCCCC[C@H](CC(=O)[C@@H]1[C@@H](OCC2CCCCC2)CCN1C(=O)[C@@H](CC1CCCCC1)NC(=O)OCc1ccccc1)C(=O)c1nc2ccccc2o1. The number of para-hydroxylation sites is 2. The summed E-state index contributed by atoms with van der Waals surface area (Å²) < 4.78 is 18.0. The normalized spacial score (nSPS) is 20.8. The summed E-state index contributed by atoms with van der Waals surface area (Å²) >= 11 is 0. The molecule has 0 spiro atoms. The number of benzene rings is 2. The smallest absolute Gasteiger partial charge is 0.408 e. The number of likely N-dealkylation sites (tertiary alicyclic amines) is 1. The van der Waals surface area contributed by atoms with Crippen molar-refractivity contribution < 1.29 is 33.1 Å². The first-order chi connectivity index (χ1) is 26.4. The molecular weight excluding hydrogens is 684 g/mol. The van der Waals surface area contributed by atoms with Crippen molar-refractivity contribution in [3.05, 3.63) is 66.1 Å². The highest BCUT2D eigenvalue weighted by Crippen LogP contribution is 2.33. The molecule has 0 unspecified atom stereocenters. The second-order valence-corrected chi connectivity index (χ2v) is 15.6. The van der Waals surface area contributed by atoms with E-state index in [1.165, 1.54) is 25.7 Å². The maximum Gasteiger partial charge on any atom is 0.408 e. The minimum Gasteiger partial charge on any atom is -0.445 e. The third kappa shape index (κ3) is 10.8. The van der Waals surface area contributed by atoms with Gasteiger partial charge in [0.15, 0.2) is 11.4 Å². The predicted molar refractivity (Wildman–Crippen MR) is 206 cm³/mol. The number of hydrogen-bond acceptors (Lipinski definition) is 9. The number of fused-ring (bicyclic) bond motifs is 1. The zero-order chi connectivity index (χ0) is 37.7. The van der Waals surface area contributed by atoms with Crippen LogP contribution in [0.1, 0.15) is 119 Å². The highest BCUT2D eigenvalue weighted by atomic mass is 16.5. The number of alkyl carbamates (subject to hydrolysis) is 1. The van der Waals surface area contributed by atoms with E-state index in [0.717, 1.165) is 44.1 Å². The van der Waals surface area contributed by atoms with E-state index in [0.29, 0.717) is 68.8 Å². The van der Waals surface area contributed by atoms with Crippen LogP contribution in [-0.2, 0) is 25.7 Å². The van der Waals surface area contributed by atoms with Gasteiger partial charge in [-0.25, -0.2) is 9.78 Å². The fraction of sp³-hybridized carbons (Fsp3) is 0.605. The van der Waals surface area contributed by atoms with Gasteiger partial charge in [-0.1, -0.05) is 100 Å². The number of oxazole rings is 1. The van der Waals surface area contributed by atoms with Gasteiger partial charge in [0.25, 0.3) is 5.89 Å². The molecule has 2 aliphatic carbocycles. The summed E-state index contributed by atoms with van der Waals surface area (Å²) in [5.41, 5.74) is 7.75. The highest BCUT2D eigenvalue weighted by Gasteiger charge is 2.46. The fourth-order valence-electron chi connectivity index (χ4n) is 8.64. The molecule has 2 heterocycles. The lowest BCUT2D eigenvalue weighted by molar-refractivity contribution is -0.143. The third-order valence-corrected chi connectivity index (χ3v) is 11.7. The quantitative estimate of drug-likeness (QED) is 0.0994. The molecule has 0 bridgehead atoms. The number of rotatable bonds is 18. The Kier molecular flexibility index (Phi) is 14.7. The number of aromatic nitrogens is 1. The number of ketones is 2. The Morgan fingerprint density at radius 2 is 1.57 bits per heavy atom. The van der Waals surface area contributed by atoms with Gasteiger partial charge in [-0.15, -0.1) is 0 Å². The lowest BCUT2D eigenvalue weighted by Gasteiger charge is -2.33. The summed E-state index contributed by atoms with van der Waals surface area (Å²) in [7, 11) is 0. The zero-order valence-electron chi connectivity index (χ0n) is 31.6. The molecule has 0 radical (unpaired) electrons. The van der Waals surface area contributed by atoms with Crippen molar-refractivity contribution in [2.24, 2.45) is 23.5 Å².